The van der Waals surface area contributed by atoms with Crippen LogP contribution in [0.15, 0.2) is 0 Å². The van der Waals surface area contributed by atoms with Gasteiger partial charge in [0.25, 0.3) is 0 Å². The summed E-state index contributed by atoms with van der Waals surface area (Å²) in [4.78, 5) is 13.2. The molecule has 0 fully saturated rings. The number of nitrogens with one attached hydrogen (secondary N) is 1. The fourth-order valence-corrected chi connectivity index (χ4v) is 1.28. The Morgan fingerprint density at radius 1 is 1.40 bits per heavy atom. The summed E-state index contributed by atoms with van der Waals surface area (Å²) in [5.74, 6) is 4.92. The average Bonchev–Trinajstić information content (AvgIpc) is 2.23. The van der Waals surface area contributed by atoms with E-state index in [1.54, 1.807) is 0 Å². The fourth-order valence-electron chi connectivity index (χ4n) is 1.28. The first-order chi connectivity index (χ1) is 6.94. The third kappa shape index (κ3) is 5.74. The zero-order valence-electron chi connectivity index (χ0n) is 10.5. The highest BCUT2D eigenvalue weighted by Crippen LogP contribution is 2.16. The molecule has 0 saturated carbocycles. The van der Waals surface area contributed by atoms with Gasteiger partial charge in [0.05, 0.1) is 0 Å². The van der Waals surface area contributed by atoms with Crippen LogP contribution >= 0.6 is 0 Å². The highest BCUT2D eigenvalue weighted by Gasteiger charge is 2.20. The van der Waals surface area contributed by atoms with E-state index in [1.807, 2.05) is 0 Å². The van der Waals surface area contributed by atoms with Gasteiger partial charge in [0, 0.05) is 12.0 Å². The molecule has 0 bridgehead atoms. The quantitative estimate of drug-likeness (QED) is 0.291. The van der Waals surface area contributed by atoms with E-state index >= 15 is 0 Å². The van der Waals surface area contributed by atoms with Crippen molar-refractivity contribution in [1.29, 1.82) is 0 Å². The van der Waals surface area contributed by atoms with Gasteiger partial charge in [-0.2, -0.15) is 0 Å². The number of nitrogens with two attached hydrogens (primary N) is 1. The maximum atomic E-state index is 10.9. The Morgan fingerprint density at radius 3 is 2.47 bits per heavy atom. The molecule has 0 unspecified atom stereocenters. The van der Waals surface area contributed by atoms with Gasteiger partial charge in [-0.15, -0.1) is 0 Å². The molecule has 0 heterocycles. The minimum absolute atomic E-state index is 0.0765. The lowest BCUT2D eigenvalue weighted by atomic mass is 9.99. The summed E-state index contributed by atoms with van der Waals surface area (Å²) in [6.07, 6.45) is 3.59. The average molecular weight is 215 g/mol. The second-order valence-electron chi connectivity index (χ2n) is 4.61. The summed E-state index contributed by atoms with van der Waals surface area (Å²) in [7, 11) is 2.13. The molecule has 15 heavy (non-hydrogen) atoms. The number of carbonyl (C=O) groups is 1. The summed E-state index contributed by atoms with van der Waals surface area (Å²) >= 11 is 0. The number of hydrogen-bond donors (Lipinski definition) is 2. The predicted octanol–water partition coefficient (Wildman–Crippen LogP) is 1.27. The maximum Gasteiger partial charge on any atom is 0.233 e. The Balaban J connectivity index is 3.64. The highest BCUT2D eigenvalue weighted by molar-refractivity contribution is 5.75. The van der Waals surface area contributed by atoms with E-state index in [0.29, 0.717) is 6.42 Å². The molecule has 0 radical (unpaired) electrons. The Morgan fingerprint density at radius 2 is 2.00 bits per heavy atom. The third-order valence-electron chi connectivity index (χ3n) is 3.21. The van der Waals surface area contributed by atoms with Crippen LogP contribution in [-0.4, -0.2) is 29.9 Å². The number of nitrogens with zero attached hydrogens (tertiary/aromatic N) is 1. The molecule has 4 nitrogen and oxygen atoms in total. The van der Waals surface area contributed by atoms with Gasteiger partial charge in [0.2, 0.25) is 5.91 Å². The van der Waals surface area contributed by atoms with Crippen molar-refractivity contribution in [3.05, 3.63) is 0 Å². The van der Waals surface area contributed by atoms with Crippen molar-refractivity contribution in [1.82, 2.24) is 10.3 Å². The third-order valence-corrected chi connectivity index (χ3v) is 3.21. The largest absolute Gasteiger partial charge is 0.301 e. The molecule has 0 aliphatic carbocycles. The molecule has 0 aliphatic heterocycles. The van der Waals surface area contributed by atoms with E-state index in [2.05, 4.69) is 38.1 Å². The van der Waals surface area contributed by atoms with Crippen molar-refractivity contribution in [3.8, 4) is 0 Å². The summed E-state index contributed by atoms with van der Waals surface area (Å²) in [6.45, 7) is 7.69. The molecule has 3 N–H and O–H groups in total. The zero-order valence-corrected chi connectivity index (χ0v) is 10.5. The molecule has 90 valence electrons. The van der Waals surface area contributed by atoms with E-state index in [4.69, 9.17) is 5.84 Å². The molecular formula is C11H25N3O. The van der Waals surface area contributed by atoms with Crippen LogP contribution in [-0.2, 0) is 4.79 Å². The van der Waals surface area contributed by atoms with Gasteiger partial charge in [-0.05, 0) is 46.7 Å². The maximum absolute atomic E-state index is 10.9. The molecule has 0 aromatic rings. The highest BCUT2D eigenvalue weighted by atomic mass is 16.2. The molecule has 0 rings (SSSR count). The fraction of sp³-hybridized carbons (Fsp3) is 0.909. The van der Waals surface area contributed by atoms with Crippen molar-refractivity contribution < 1.29 is 4.79 Å². The van der Waals surface area contributed by atoms with Crippen LogP contribution in [0.1, 0.15) is 46.5 Å². The number of hydrazine groups is 1. The molecule has 0 spiro atoms. The van der Waals surface area contributed by atoms with Gasteiger partial charge in [0.15, 0.2) is 0 Å². The Kier molecular flexibility index (Phi) is 6.52. The van der Waals surface area contributed by atoms with Crippen molar-refractivity contribution in [2.45, 2.75) is 52.0 Å². The van der Waals surface area contributed by atoms with Gasteiger partial charge < -0.3 is 4.90 Å². The van der Waals surface area contributed by atoms with Gasteiger partial charge in [-0.1, -0.05) is 6.92 Å². The van der Waals surface area contributed by atoms with Crippen molar-refractivity contribution in [3.63, 3.8) is 0 Å². The van der Waals surface area contributed by atoms with Crippen LogP contribution in [0.2, 0.25) is 0 Å². The van der Waals surface area contributed by atoms with Crippen LogP contribution in [0.5, 0.6) is 0 Å². The lowest BCUT2D eigenvalue weighted by molar-refractivity contribution is -0.121. The second-order valence-corrected chi connectivity index (χ2v) is 4.61. The Bertz CT molecular complexity index is 192. The van der Waals surface area contributed by atoms with Crippen LogP contribution < -0.4 is 11.3 Å². The zero-order chi connectivity index (χ0) is 11.9. The minimum Gasteiger partial charge on any atom is -0.301 e. The minimum atomic E-state index is -0.0765. The van der Waals surface area contributed by atoms with Gasteiger partial charge in [-0.3, -0.25) is 10.2 Å². The van der Waals surface area contributed by atoms with Crippen molar-refractivity contribution in [2.75, 3.05) is 13.6 Å². The number of amides is 1. The summed E-state index contributed by atoms with van der Waals surface area (Å²) in [5.41, 5.74) is 2.39. The van der Waals surface area contributed by atoms with Crippen molar-refractivity contribution >= 4 is 5.91 Å². The van der Waals surface area contributed by atoms with E-state index in [9.17, 15) is 4.79 Å². The summed E-state index contributed by atoms with van der Waals surface area (Å²) in [6, 6.07) is 0. The number of hydrogen-bond acceptors (Lipinski definition) is 3. The second kappa shape index (κ2) is 6.80. The van der Waals surface area contributed by atoms with E-state index in [1.165, 1.54) is 0 Å². The SMILES string of the molecule is CCC(C)(C)N(C)CCCCC(=O)NN. The topological polar surface area (TPSA) is 58.4 Å². The van der Waals surface area contributed by atoms with Crippen LogP contribution in [0, 0.1) is 0 Å². The van der Waals surface area contributed by atoms with Crippen molar-refractivity contribution in [2.24, 2.45) is 5.84 Å². The normalized spacial score (nSPS) is 11.9. The molecular weight excluding hydrogens is 190 g/mol. The predicted molar refractivity (Wildman–Crippen MR) is 63.2 cm³/mol. The Hall–Kier alpha value is -0.610. The van der Waals surface area contributed by atoms with Crippen LogP contribution in [0.3, 0.4) is 0 Å². The molecule has 4 heteroatoms. The molecule has 0 aromatic heterocycles. The molecule has 0 aliphatic rings. The van der Waals surface area contributed by atoms with E-state index in [-0.39, 0.29) is 11.4 Å². The lowest BCUT2D eigenvalue weighted by Gasteiger charge is -2.34. The molecule has 0 saturated heterocycles. The first-order valence-corrected chi connectivity index (χ1v) is 5.64. The lowest BCUT2D eigenvalue weighted by Crippen LogP contribution is -2.41. The molecule has 0 aromatic carbocycles. The monoisotopic (exact) mass is 215 g/mol. The first kappa shape index (κ1) is 14.4. The summed E-state index contributed by atoms with van der Waals surface area (Å²) < 4.78 is 0. The van der Waals surface area contributed by atoms with Crippen LogP contribution in [0.25, 0.3) is 0 Å². The van der Waals surface area contributed by atoms with E-state index < -0.39 is 0 Å². The van der Waals surface area contributed by atoms with Gasteiger partial charge in [0.1, 0.15) is 0 Å². The van der Waals surface area contributed by atoms with Gasteiger partial charge in [-0.25, -0.2) is 5.84 Å². The van der Waals surface area contributed by atoms with Crippen LogP contribution in [0.4, 0.5) is 0 Å². The van der Waals surface area contributed by atoms with Gasteiger partial charge >= 0.3 is 0 Å². The number of unbranched alkanes of at least 4 members (excludes halogenated alkanes) is 1. The summed E-state index contributed by atoms with van der Waals surface area (Å²) in [5, 5.41) is 0. The molecule has 1 amide bonds. The number of carbonyl (C=O) groups excluding carboxylic acids is 1. The number of rotatable bonds is 7. The smallest absolute Gasteiger partial charge is 0.233 e. The van der Waals surface area contributed by atoms with E-state index in [0.717, 1.165) is 25.8 Å². The molecule has 0 atom stereocenters. The standard InChI is InChI=1S/C11H25N3O/c1-5-11(2,3)14(4)9-7-6-8-10(15)13-12/h5-9,12H2,1-4H3,(H,13,15). The first-order valence-electron chi connectivity index (χ1n) is 5.64. The Labute approximate surface area is 93.2 Å².